The highest BCUT2D eigenvalue weighted by atomic mass is 127. The third-order valence-electron chi connectivity index (χ3n) is 3.33. The maximum absolute atomic E-state index is 13.2. The standard InChI is InChI=1S/C15H11ClFIO2/c16-9-5-8-3-4-20-15(8)12(6-9)14(19)11-2-1-10(17)7-13(11)18/h1-2,5-7,14,19H,3-4H2. The highest BCUT2D eigenvalue weighted by Gasteiger charge is 2.24. The maximum Gasteiger partial charge on any atom is 0.128 e. The molecule has 0 bridgehead atoms. The van der Waals surface area contributed by atoms with Gasteiger partial charge in [0, 0.05) is 20.6 Å². The summed E-state index contributed by atoms with van der Waals surface area (Å²) in [5.41, 5.74) is 2.28. The number of fused-ring (bicyclic) bond motifs is 1. The minimum Gasteiger partial charge on any atom is -0.493 e. The van der Waals surface area contributed by atoms with Crippen LogP contribution < -0.4 is 4.74 Å². The minimum atomic E-state index is -0.881. The summed E-state index contributed by atoms with van der Waals surface area (Å²) in [7, 11) is 0. The van der Waals surface area contributed by atoms with Crippen molar-refractivity contribution in [3.63, 3.8) is 0 Å². The van der Waals surface area contributed by atoms with E-state index in [-0.39, 0.29) is 5.82 Å². The first kappa shape index (κ1) is 14.1. The Morgan fingerprint density at radius 3 is 2.80 bits per heavy atom. The van der Waals surface area contributed by atoms with Gasteiger partial charge < -0.3 is 9.84 Å². The van der Waals surface area contributed by atoms with Gasteiger partial charge >= 0.3 is 0 Å². The zero-order valence-electron chi connectivity index (χ0n) is 10.4. The van der Waals surface area contributed by atoms with Crippen LogP contribution in [0.2, 0.25) is 5.02 Å². The lowest BCUT2D eigenvalue weighted by Gasteiger charge is -2.17. The maximum atomic E-state index is 13.2. The van der Waals surface area contributed by atoms with Gasteiger partial charge in [-0.3, -0.25) is 0 Å². The summed E-state index contributed by atoms with van der Waals surface area (Å²) in [5, 5.41) is 11.2. The number of rotatable bonds is 2. The first-order valence-corrected chi connectivity index (χ1v) is 7.60. The fourth-order valence-corrected chi connectivity index (χ4v) is 3.41. The molecule has 0 amide bonds. The molecule has 0 fully saturated rings. The van der Waals surface area contributed by atoms with Crippen molar-refractivity contribution in [2.24, 2.45) is 0 Å². The van der Waals surface area contributed by atoms with E-state index in [0.29, 0.717) is 32.1 Å². The smallest absolute Gasteiger partial charge is 0.128 e. The molecule has 5 heteroatoms. The molecule has 2 aromatic carbocycles. The number of hydrogen-bond donors (Lipinski definition) is 1. The van der Waals surface area contributed by atoms with Gasteiger partial charge in [0.15, 0.2) is 0 Å². The molecular formula is C15H11ClFIO2. The third kappa shape index (κ3) is 2.52. The molecule has 0 spiro atoms. The number of halogens is 3. The largest absolute Gasteiger partial charge is 0.493 e. The average molecular weight is 405 g/mol. The number of benzene rings is 2. The molecular weight excluding hydrogens is 394 g/mol. The number of ether oxygens (including phenoxy) is 1. The predicted molar refractivity (Wildman–Crippen MR) is 83.8 cm³/mol. The van der Waals surface area contributed by atoms with Crippen LogP contribution in [-0.4, -0.2) is 11.7 Å². The Balaban J connectivity index is 2.09. The van der Waals surface area contributed by atoms with Crippen LogP contribution in [0.4, 0.5) is 4.39 Å². The molecule has 1 N–H and O–H groups in total. The zero-order valence-corrected chi connectivity index (χ0v) is 13.3. The van der Waals surface area contributed by atoms with Crippen LogP contribution in [0.25, 0.3) is 0 Å². The van der Waals surface area contributed by atoms with Crippen molar-refractivity contribution in [1.29, 1.82) is 0 Å². The van der Waals surface area contributed by atoms with Crippen LogP contribution in [0.5, 0.6) is 5.75 Å². The number of hydrogen-bond acceptors (Lipinski definition) is 2. The van der Waals surface area contributed by atoms with Crippen molar-refractivity contribution in [1.82, 2.24) is 0 Å². The van der Waals surface area contributed by atoms with Crippen LogP contribution in [0, 0.1) is 9.39 Å². The molecule has 3 rings (SSSR count). The second kappa shape index (κ2) is 5.50. The van der Waals surface area contributed by atoms with Gasteiger partial charge in [-0.1, -0.05) is 17.7 Å². The van der Waals surface area contributed by atoms with E-state index in [1.807, 2.05) is 28.7 Å². The fraction of sp³-hybridized carbons (Fsp3) is 0.200. The lowest BCUT2D eigenvalue weighted by Crippen LogP contribution is -2.04. The van der Waals surface area contributed by atoms with E-state index in [0.717, 1.165) is 12.0 Å². The minimum absolute atomic E-state index is 0.321. The lowest BCUT2D eigenvalue weighted by atomic mass is 9.98. The fourth-order valence-electron chi connectivity index (χ4n) is 2.39. The van der Waals surface area contributed by atoms with Gasteiger partial charge in [-0.15, -0.1) is 0 Å². The molecule has 20 heavy (non-hydrogen) atoms. The molecule has 0 aromatic heterocycles. The average Bonchev–Trinajstić information content (AvgIpc) is 2.85. The van der Waals surface area contributed by atoms with Crippen molar-refractivity contribution in [2.75, 3.05) is 6.61 Å². The van der Waals surface area contributed by atoms with Gasteiger partial charge in [-0.05, 0) is 58.0 Å². The summed E-state index contributed by atoms with van der Waals surface area (Å²) in [6.07, 6.45) is -0.0936. The molecule has 1 heterocycles. The van der Waals surface area contributed by atoms with Gasteiger partial charge in [-0.2, -0.15) is 0 Å². The summed E-state index contributed by atoms with van der Waals surface area (Å²) in [4.78, 5) is 0. The van der Waals surface area contributed by atoms with Crippen molar-refractivity contribution >= 4 is 34.2 Å². The Morgan fingerprint density at radius 1 is 1.25 bits per heavy atom. The number of aliphatic hydroxyl groups excluding tert-OH is 1. The molecule has 1 unspecified atom stereocenters. The van der Waals surface area contributed by atoms with Crippen LogP contribution >= 0.6 is 34.2 Å². The second-order valence-electron chi connectivity index (χ2n) is 4.65. The monoisotopic (exact) mass is 404 g/mol. The van der Waals surface area contributed by atoms with E-state index in [1.54, 1.807) is 12.1 Å². The molecule has 0 radical (unpaired) electrons. The highest BCUT2D eigenvalue weighted by molar-refractivity contribution is 14.1. The Kier molecular flexibility index (Phi) is 3.88. The molecule has 0 saturated carbocycles. The van der Waals surface area contributed by atoms with Crippen LogP contribution in [0.1, 0.15) is 22.8 Å². The molecule has 2 nitrogen and oxygen atoms in total. The molecule has 104 valence electrons. The van der Waals surface area contributed by atoms with Crippen molar-refractivity contribution in [2.45, 2.75) is 12.5 Å². The van der Waals surface area contributed by atoms with Crippen molar-refractivity contribution in [3.05, 3.63) is 61.4 Å². The third-order valence-corrected chi connectivity index (χ3v) is 4.48. The van der Waals surface area contributed by atoms with E-state index in [9.17, 15) is 9.50 Å². The number of aliphatic hydroxyl groups is 1. The van der Waals surface area contributed by atoms with Crippen molar-refractivity contribution in [3.8, 4) is 5.75 Å². The topological polar surface area (TPSA) is 29.5 Å². The van der Waals surface area contributed by atoms with Gasteiger partial charge in [0.1, 0.15) is 17.7 Å². The molecule has 0 aliphatic carbocycles. The zero-order chi connectivity index (χ0) is 14.3. The normalized spacial score (nSPS) is 14.8. The van der Waals surface area contributed by atoms with E-state index < -0.39 is 6.10 Å². The Bertz CT molecular complexity index is 675. The summed E-state index contributed by atoms with van der Waals surface area (Å²) in [5.74, 6) is 0.375. The van der Waals surface area contributed by atoms with E-state index in [4.69, 9.17) is 16.3 Å². The van der Waals surface area contributed by atoms with Gasteiger partial charge in [-0.25, -0.2) is 4.39 Å². The summed E-state index contributed by atoms with van der Waals surface area (Å²) < 4.78 is 19.4. The van der Waals surface area contributed by atoms with Crippen LogP contribution in [0.3, 0.4) is 0 Å². The van der Waals surface area contributed by atoms with E-state index >= 15 is 0 Å². The summed E-state index contributed by atoms with van der Waals surface area (Å²) in [6.45, 7) is 0.593. The summed E-state index contributed by atoms with van der Waals surface area (Å²) in [6, 6.07) is 7.88. The van der Waals surface area contributed by atoms with Crippen molar-refractivity contribution < 1.29 is 14.2 Å². The molecule has 1 atom stereocenters. The van der Waals surface area contributed by atoms with E-state index in [1.165, 1.54) is 12.1 Å². The van der Waals surface area contributed by atoms with Gasteiger partial charge in [0.25, 0.3) is 0 Å². The lowest BCUT2D eigenvalue weighted by molar-refractivity contribution is 0.213. The summed E-state index contributed by atoms with van der Waals surface area (Å²) >= 11 is 8.11. The Hall–Kier alpha value is -0.850. The van der Waals surface area contributed by atoms with E-state index in [2.05, 4.69) is 0 Å². The Morgan fingerprint density at radius 2 is 2.05 bits per heavy atom. The quantitative estimate of drug-likeness (QED) is 0.764. The first-order chi connectivity index (χ1) is 9.56. The molecule has 2 aromatic rings. The SMILES string of the molecule is OC(c1ccc(F)cc1I)c1cc(Cl)cc2c1OCC2. The van der Waals surface area contributed by atoms with Gasteiger partial charge in [0.2, 0.25) is 0 Å². The molecule has 0 saturated heterocycles. The predicted octanol–water partition coefficient (Wildman–Crippen LogP) is 4.10. The highest BCUT2D eigenvalue weighted by Crippen LogP contribution is 2.39. The Labute approximate surface area is 134 Å². The molecule has 1 aliphatic heterocycles. The molecule has 1 aliphatic rings. The van der Waals surface area contributed by atoms with Gasteiger partial charge in [0.05, 0.1) is 6.61 Å². The van der Waals surface area contributed by atoms with Crippen LogP contribution in [0.15, 0.2) is 30.3 Å². The van der Waals surface area contributed by atoms with Crippen LogP contribution in [-0.2, 0) is 6.42 Å². The first-order valence-electron chi connectivity index (χ1n) is 6.14. The second-order valence-corrected chi connectivity index (χ2v) is 6.25.